The van der Waals surface area contributed by atoms with Crippen LogP contribution in [0, 0.1) is 0 Å². The minimum absolute atomic E-state index is 0.0603. The number of carbonyl (C=O) groups excluding carboxylic acids is 1. The van der Waals surface area contributed by atoms with Gasteiger partial charge in [-0.05, 0) is 32.4 Å². The largest absolute Gasteiger partial charge is 0.349 e. The van der Waals surface area contributed by atoms with Gasteiger partial charge < -0.3 is 10.6 Å². The zero-order valence-corrected chi connectivity index (χ0v) is 10.7. The lowest BCUT2D eigenvalue weighted by Gasteiger charge is -2.15. The molecule has 2 aromatic heterocycles. The van der Waals surface area contributed by atoms with Crippen LogP contribution >= 0.6 is 0 Å². The van der Waals surface area contributed by atoms with E-state index < -0.39 is 0 Å². The molecular weight excluding hydrogens is 242 g/mol. The first kappa shape index (κ1) is 12.1. The minimum atomic E-state index is -0.0603. The summed E-state index contributed by atoms with van der Waals surface area (Å²) in [6.45, 7) is 1.99. The number of carbonyl (C=O) groups is 1. The van der Waals surface area contributed by atoms with Gasteiger partial charge in [0.15, 0.2) is 0 Å². The maximum atomic E-state index is 12.3. The van der Waals surface area contributed by atoms with E-state index in [0.29, 0.717) is 5.56 Å². The van der Waals surface area contributed by atoms with Gasteiger partial charge in [0, 0.05) is 18.4 Å². The lowest BCUT2D eigenvalue weighted by molar-refractivity contribution is 0.0935. The van der Waals surface area contributed by atoms with Crippen LogP contribution < -0.4 is 10.6 Å². The Morgan fingerprint density at radius 3 is 3.26 bits per heavy atom. The smallest absolute Gasteiger partial charge is 0.255 e. The van der Waals surface area contributed by atoms with Crippen molar-refractivity contribution in [3.05, 3.63) is 30.4 Å². The topological polar surface area (TPSA) is 71.3 Å². The van der Waals surface area contributed by atoms with Crippen LogP contribution in [-0.4, -0.2) is 39.6 Å². The van der Waals surface area contributed by atoms with Gasteiger partial charge in [0.2, 0.25) is 0 Å². The number of nitrogens with zero attached hydrogens (tertiary/aromatic N) is 3. The lowest BCUT2D eigenvalue weighted by Crippen LogP contribution is -2.35. The molecule has 0 aliphatic carbocycles. The summed E-state index contributed by atoms with van der Waals surface area (Å²) >= 11 is 0. The summed E-state index contributed by atoms with van der Waals surface area (Å²) < 4.78 is 1.66. The van der Waals surface area contributed by atoms with E-state index in [4.69, 9.17) is 0 Å². The Kier molecular flexibility index (Phi) is 3.41. The second-order valence-corrected chi connectivity index (χ2v) is 4.82. The molecular formula is C13H17N5O. The number of hydrogen-bond donors (Lipinski definition) is 2. The van der Waals surface area contributed by atoms with Gasteiger partial charge in [0.1, 0.15) is 0 Å². The van der Waals surface area contributed by atoms with Gasteiger partial charge >= 0.3 is 0 Å². The summed E-state index contributed by atoms with van der Waals surface area (Å²) in [5.41, 5.74) is 1.33. The fourth-order valence-corrected chi connectivity index (χ4v) is 2.44. The maximum absolute atomic E-state index is 12.3. The summed E-state index contributed by atoms with van der Waals surface area (Å²) in [5, 5.41) is 10.6. The molecule has 2 N–H and O–H groups in total. The van der Waals surface area contributed by atoms with E-state index in [1.807, 2.05) is 0 Å². The number of aromatic nitrogens is 3. The van der Waals surface area contributed by atoms with Crippen molar-refractivity contribution in [3.63, 3.8) is 0 Å². The molecule has 0 bridgehead atoms. The van der Waals surface area contributed by atoms with Crippen molar-refractivity contribution in [2.75, 3.05) is 13.1 Å². The number of hydrogen-bond acceptors (Lipinski definition) is 4. The Labute approximate surface area is 111 Å². The Hall–Kier alpha value is -1.95. The minimum Gasteiger partial charge on any atom is -0.349 e. The predicted molar refractivity (Wildman–Crippen MR) is 71.0 cm³/mol. The van der Waals surface area contributed by atoms with Crippen LogP contribution in [0.3, 0.4) is 0 Å². The van der Waals surface area contributed by atoms with Crippen molar-refractivity contribution < 1.29 is 4.79 Å². The highest BCUT2D eigenvalue weighted by atomic mass is 16.1. The number of amides is 1. The van der Waals surface area contributed by atoms with Crippen LogP contribution in [0.15, 0.2) is 24.8 Å². The molecule has 1 unspecified atom stereocenters. The van der Waals surface area contributed by atoms with E-state index >= 15 is 0 Å². The molecule has 3 heterocycles. The second kappa shape index (κ2) is 5.36. The Balaban J connectivity index is 1.76. The highest BCUT2D eigenvalue weighted by Crippen LogP contribution is 2.11. The molecule has 6 nitrogen and oxygen atoms in total. The summed E-state index contributed by atoms with van der Waals surface area (Å²) in [4.78, 5) is 16.3. The van der Waals surface area contributed by atoms with Crippen molar-refractivity contribution in [1.29, 1.82) is 0 Å². The third-order valence-electron chi connectivity index (χ3n) is 3.48. The van der Waals surface area contributed by atoms with Gasteiger partial charge in [-0.2, -0.15) is 5.10 Å². The molecule has 0 saturated carbocycles. The van der Waals surface area contributed by atoms with Gasteiger partial charge in [-0.15, -0.1) is 0 Å². The van der Waals surface area contributed by atoms with Crippen molar-refractivity contribution in [2.24, 2.45) is 0 Å². The third kappa shape index (κ3) is 2.58. The molecule has 1 fully saturated rings. The van der Waals surface area contributed by atoms with Gasteiger partial charge in [-0.25, -0.2) is 4.52 Å². The molecule has 1 aliphatic heterocycles. The highest BCUT2D eigenvalue weighted by molar-refractivity contribution is 6.00. The van der Waals surface area contributed by atoms with Gasteiger partial charge in [-0.1, -0.05) is 0 Å². The van der Waals surface area contributed by atoms with E-state index in [1.165, 1.54) is 0 Å². The van der Waals surface area contributed by atoms with Crippen LogP contribution in [0.5, 0.6) is 0 Å². The molecule has 6 heteroatoms. The van der Waals surface area contributed by atoms with Crippen LogP contribution in [0.25, 0.3) is 5.52 Å². The first-order valence-electron chi connectivity index (χ1n) is 6.63. The Morgan fingerprint density at radius 1 is 1.37 bits per heavy atom. The quantitative estimate of drug-likeness (QED) is 0.828. The van der Waals surface area contributed by atoms with E-state index in [-0.39, 0.29) is 11.9 Å². The fraction of sp³-hybridized carbons (Fsp3) is 0.462. The average Bonchev–Trinajstić information content (AvgIpc) is 2.70. The SMILES string of the molecule is O=C(NC1CCCNCC1)c1cnn2ccncc12. The van der Waals surface area contributed by atoms with Crippen LogP contribution in [-0.2, 0) is 0 Å². The Morgan fingerprint density at radius 2 is 2.32 bits per heavy atom. The zero-order valence-electron chi connectivity index (χ0n) is 10.7. The second-order valence-electron chi connectivity index (χ2n) is 4.82. The Bertz CT molecular complexity index is 571. The molecule has 1 aliphatic rings. The molecule has 1 amide bonds. The highest BCUT2D eigenvalue weighted by Gasteiger charge is 2.18. The third-order valence-corrected chi connectivity index (χ3v) is 3.48. The summed E-state index contributed by atoms with van der Waals surface area (Å²) in [6.07, 6.45) is 9.75. The molecule has 3 rings (SSSR count). The van der Waals surface area contributed by atoms with Crippen LogP contribution in [0.4, 0.5) is 0 Å². The molecule has 0 aromatic carbocycles. The molecule has 1 saturated heterocycles. The molecule has 2 aromatic rings. The first-order valence-corrected chi connectivity index (χ1v) is 6.63. The monoisotopic (exact) mass is 259 g/mol. The van der Waals surface area contributed by atoms with Crippen molar-refractivity contribution in [1.82, 2.24) is 25.2 Å². The van der Waals surface area contributed by atoms with E-state index in [9.17, 15) is 4.79 Å². The number of rotatable bonds is 2. The van der Waals surface area contributed by atoms with E-state index in [2.05, 4.69) is 20.7 Å². The lowest BCUT2D eigenvalue weighted by atomic mass is 10.1. The van der Waals surface area contributed by atoms with Gasteiger partial charge in [-0.3, -0.25) is 9.78 Å². The number of fused-ring (bicyclic) bond motifs is 1. The summed E-state index contributed by atoms with van der Waals surface area (Å²) in [5.74, 6) is -0.0603. The van der Waals surface area contributed by atoms with E-state index in [1.54, 1.807) is 29.3 Å². The zero-order chi connectivity index (χ0) is 13.1. The average molecular weight is 259 g/mol. The molecule has 100 valence electrons. The van der Waals surface area contributed by atoms with Gasteiger partial charge in [0.25, 0.3) is 5.91 Å². The van der Waals surface area contributed by atoms with Crippen molar-refractivity contribution in [2.45, 2.75) is 25.3 Å². The van der Waals surface area contributed by atoms with E-state index in [0.717, 1.165) is 37.9 Å². The first-order chi connectivity index (χ1) is 9.34. The van der Waals surface area contributed by atoms with Crippen molar-refractivity contribution >= 4 is 11.4 Å². The molecule has 0 radical (unpaired) electrons. The normalized spacial score (nSPS) is 20.1. The summed E-state index contributed by atoms with van der Waals surface area (Å²) in [6, 6.07) is 0.245. The fourth-order valence-electron chi connectivity index (χ4n) is 2.44. The van der Waals surface area contributed by atoms with Crippen LogP contribution in [0.2, 0.25) is 0 Å². The standard InChI is InChI=1S/C13H17N5O/c19-13(17-10-2-1-4-14-5-3-10)11-8-16-18-7-6-15-9-12(11)18/h6-10,14H,1-5H2,(H,17,19). The molecule has 0 spiro atoms. The molecule has 1 atom stereocenters. The number of nitrogens with one attached hydrogen (secondary N) is 2. The summed E-state index contributed by atoms with van der Waals surface area (Å²) in [7, 11) is 0. The maximum Gasteiger partial charge on any atom is 0.255 e. The molecule has 19 heavy (non-hydrogen) atoms. The van der Waals surface area contributed by atoms with Gasteiger partial charge in [0.05, 0.1) is 23.5 Å². The van der Waals surface area contributed by atoms with Crippen molar-refractivity contribution in [3.8, 4) is 0 Å². The predicted octanol–water partition coefficient (Wildman–Crippen LogP) is 0.601. The van der Waals surface area contributed by atoms with Crippen LogP contribution in [0.1, 0.15) is 29.6 Å².